The van der Waals surface area contributed by atoms with Crippen molar-refractivity contribution in [1.82, 2.24) is 0 Å². The lowest BCUT2D eigenvalue weighted by Crippen LogP contribution is -2.36. The zero-order valence-electron chi connectivity index (χ0n) is 14.3. The third-order valence-corrected chi connectivity index (χ3v) is 3.26. The lowest BCUT2D eigenvalue weighted by Gasteiger charge is -2.11. The van der Waals surface area contributed by atoms with Crippen molar-refractivity contribution in [2.45, 2.75) is 57.0 Å². The second kappa shape index (κ2) is 13.4. The molecular weight excluding hydrogens is 332 g/mol. The van der Waals surface area contributed by atoms with Crippen LogP contribution in [0.2, 0.25) is 0 Å². The van der Waals surface area contributed by atoms with Crippen molar-refractivity contribution in [3.63, 3.8) is 0 Å². The molecule has 0 rings (SSSR count). The Morgan fingerprint density at radius 3 is 1.36 bits per heavy atom. The summed E-state index contributed by atoms with van der Waals surface area (Å²) in [6.07, 6.45) is 2.33. The molecule has 0 heterocycles. The molecule has 0 aromatic heterocycles. The molecule has 10 heteroatoms. The van der Waals surface area contributed by atoms with E-state index in [-0.39, 0.29) is 0 Å². The van der Waals surface area contributed by atoms with E-state index in [1.54, 1.807) is 0 Å². The summed E-state index contributed by atoms with van der Waals surface area (Å²) < 4.78 is 8.89. The molecule has 0 fully saturated rings. The Bertz CT molecular complexity index is 417. The summed E-state index contributed by atoms with van der Waals surface area (Å²) in [6.45, 7) is 0.934. The third-order valence-electron chi connectivity index (χ3n) is 3.26. The van der Waals surface area contributed by atoms with E-state index in [1.807, 2.05) is 0 Å². The van der Waals surface area contributed by atoms with Crippen molar-refractivity contribution in [3.8, 4) is 0 Å². The first-order valence-electron chi connectivity index (χ1n) is 8.22. The first kappa shape index (κ1) is 23.1. The Hall–Kier alpha value is -1.88. The second-order valence-electron chi connectivity index (χ2n) is 5.54. The fourth-order valence-corrected chi connectivity index (χ4v) is 1.82. The number of esters is 4. The van der Waals surface area contributed by atoms with E-state index in [0.717, 1.165) is 0 Å². The zero-order chi connectivity index (χ0) is 19.2. The van der Waals surface area contributed by atoms with E-state index in [2.05, 4.69) is 9.47 Å². The molecule has 0 bridgehead atoms. The molecule has 2 atom stereocenters. The standard InChI is InChI=1S/C15H28N4O6/c16-7-3-1-5-10(18)14(22)24-12(20)9-13(21)25-15(23)11(19)6-2-4-8-17/h10-11H,1-9,16-19H2/t10-,11-/m0/s1. The highest BCUT2D eigenvalue weighted by molar-refractivity contribution is 6.00. The Labute approximate surface area is 146 Å². The molecule has 0 unspecified atom stereocenters. The SMILES string of the molecule is NCCCC[C@H](N)C(=O)OC(=O)CC(=O)OC(=O)[C@@H](N)CCCCN. The predicted molar refractivity (Wildman–Crippen MR) is 88.6 cm³/mol. The molecule has 0 aliphatic carbocycles. The van der Waals surface area contributed by atoms with Gasteiger partial charge in [-0.2, -0.15) is 0 Å². The van der Waals surface area contributed by atoms with Crippen LogP contribution in [0.25, 0.3) is 0 Å². The quantitative estimate of drug-likeness (QED) is 0.179. The molecule has 0 aliphatic heterocycles. The largest absolute Gasteiger partial charge is 0.392 e. The molecule has 144 valence electrons. The second-order valence-corrected chi connectivity index (χ2v) is 5.54. The summed E-state index contributed by atoms with van der Waals surface area (Å²) in [5.41, 5.74) is 21.7. The van der Waals surface area contributed by atoms with Gasteiger partial charge in [0.2, 0.25) is 0 Å². The minimum atomic E-state index is -1.14. The van der Waals surface area contributed by atoms with Gasteiger partial charge in [-0.1, -0.05) is 12.8 Å². The van der Waals surface area contributed by atoms with Gasteiger partial charge in [0.15, 0.2) is 0 Å². The van der Waals surface area contributed by atoms with Crippen molar-refractivity contribution >= 4 is 23.9 Å². The molecular formula is C15H28N4O6. The zero-order valence-corrected chi connectivity index (χ0v) is 14.3. The molecule has 0 amide bonds. The molecule has 0 aromatic carbocycles. The Kier molecular flexibility index (Phi) is 12.4. The topological polar surface area (TPSA) is 191 Å². The molecule has 0 aliphatic rings. The molecule has 25 heavy (non-hydrogen) atoms. The van der Waals surface area contributed by atoms with Crippen molar-refractivity contribution < 1.29 is 28.7 Å². The minimum Gasteiger partial charge on any atom is -0.392 e. The first-order valence-corrected chi connectivity index (χ1v) is 8.22. The van der Waals surface area contributed by atoms with Gasteiger partial charge in [0.25, 0.3) is 0 Å². The van der Waals surface area contributed by atoms with Crippen LogP contribution in [0.15, 0.2) is 0 Å². The third kappa shape index (κ3) is 11.3. The van der Waals surface area contributed by atoms with Gasteiger partial charge in [0.05, 0.1) is 0 Å². The maximum absolute atomic E-state index is 11.6. The van der Waals surface area contributed by atoms with Crippen molar-refractivity contribution in [1.29, 1.82) is 0 Å². The fourth-order valence-electron chi connectivity index (χ4n) is 1.82. The van der Waals surface area contributed by atoms with E-state index in [4.69, 9.17) is 22.9 Å². The molecule has 0 saturated heterocycles. The van der Waals surface area contributed by atoms with Gasteiger partial charge in [-0.05, 0) is 38.8 Å². The highest BCUT2D eigenvalue weighted by Crippen LogP contribution is 2.03. The smallest absolute Gasteiger partial charge is 0.330 e. The number of hydrogen-bond donors (Lipinski definition) is 4. The minimum absolute atomic E-state index is 0.309. The monoisotopic (exact) mass is 360 g/mol. The summed E-state index contributed by atoms with van der Waals surface area (Å²) in [5.74, 6) is -4.18. The lowest BCUT2D eigenvalue weighted by molar-refractivity contribution is -0.166. The van der Waals surface area contributed by atoms with Crippen LogP contribution in [-0.4, -0.2) is 49.1 Å². The van der Waals surface area contributed by atoms with E-state index in [1.165, 1.54) is 0 Å². The van der Waals surface area contributed by atoms with E-state index in [0.29, 0.717) is 51.6 Å². The first-order chi connectivity index (χ1) is 11.8. The van der Waals surface area contributed by atoms with Gasteiger partial charge in [-0.3, -0.25) is 9.59 Å². The fraction of sp³-hybridized carbons (Fsp3) is 0.733. The average Bonchev–Trinajstić information content (AvgIpc) is 2.54. The number of carbonyl (C=O) groups is 4. The normalized spacial score (nSPS) is 13.0. The predicted octanol–water partition coefficient (Wildman–Crippen LogP) is -1.57. The number of unbranched alkanes of at least 4 members (excludes halogenated alkanes) is 2. The molecule has 0 saturated carbocycles. The van der Waals surface area contributed by atoms with Crippen molar-refractivity contribution in [3.05, 3.63) is 0 Å². The Balaban J connectivity index is 4.13. The van der Waals surface area contributed by atoms with Gasteiger partial charge in [0, 0.05) is 0 Å². The highest BCUT2D eigenvalue weighted by atomic mass is 16.6. The molecule has 0 radical (unpaired) electrons. The molecule has 10 nitrogen and oxygen atoms in total. The van der Waals surface area contributed by atoms with Crippen LogP contribution >= 0.6 is 0 Å². The summed E-state index contributed by atoms with van der Waals surface area (Å²) >= 11 is 0. The van der Waals surface area contributed by atoms with Gasteiger partial charge in [-0.15, -0.1) is 0 Å². The number of carbonyl (C=O) groups excluding carboxylic acids is 4. The highest BCUT2D eigenvalue weighted by Gasteiger charge is 2.24. The van der Waals surface area contributed by atoms with Crippen LogP contribution in [0.1, 0.15) is 44.9 Å². The number of nitrogens with two attached hydrogens (primary N) is 4. The van der Waals surface area contributed by atoms with Crippen molar-refractivity contribution in [2.24, 2.45) is 22.9 Å². The molecule has 0 spiro atoms. The Morgan fingerprint density at radius 1 is 0.680 bits per heavy atom. The van der Waals surface area contributed by atoms with Crippen LogP contribution in [0.4, 0.5) is 0 Å². The summed E-state index contributed by atoms with van der Waals surface area (Å²) in [4.78, 5) is 46.1. The number of rotatable bonds is 12. The van der Waals surface area contributed by atoms with Crippen LogP contribution in [0, 0.1) is 0 Å². The Morgan fingerprint density at radius 2 is 1.04 bits per heavy atom. The van der Waals surface area contributed by atoms with Gasteiger partial charge >= 0.3 is 23.9 Å². The van der Waals surface area contributed by atoms with Crippen molar-refractivity contribution in [2.75, 3.05) is 13.1 Å². The molecule has 8 N–H and O–H groups in total. The maximum Gasteiger partial charge on any atom is 0.330 e. The van der Waals surface area contributed by atoms with Crippen LogP contribution in [-0.2, 0) is 28.7 Å². The maximum atomic E-state index is 11.6. The summed E-state index contributed by atoms with van der Waals surface area (Å²) in [6, 6.07) is -1.96. The van der Waals surface area contributed by atoms with E-state index >= 15 is 0 Å². The van der Waals surface area contributed by atoms with Crippen LogP contribution in [0.3, 0.4) is 0 Å². The summed E-state index contributed by atoms with van der Waals surface area (Å²) in [5, 5.41) is 0. The summed E-state index contributed by atoms with van der Waals surface area (Å²) in [7, 11) is 0. The van der Waals surface area contributed by atoms with Gasteiger partial charge in [-0.25, -0.2) is 9.59 Å². The number of ether oxygens (including phenoxy) is 2. The lowest BCUT2D eigenvalue weighted by atomic mass is 10.1. The van der Waals surface area contributed by atoms with Gasteiger partial charge in [0.1, 0.15) is 18.5 Å². The van der Waals surface area contributed by atoms with Crippen LogP contribution in [0.5, 0.6) is 0 Å². The van der Waals surface area contributed by atoms with E-state index < -0.39 is 42.4 Å². The van der Waals surface area contributed by atoms with Gasteiger partial charge < -0.3 is 32.4 Å². The average molecular weight is 360 g/mol. The van der Waals surface area contributed by atoms with Crippen LogP contribution < -0.4 is 22.9 Å². The molecule has 0 aromatic rings. The number of hydrogen-bond acceptors (Lipinski definition) is 10. The van der Waals surface area contributed by atoms with E-state index in [9.17, 15) is 19.2 Å².